The lowest BCUT2D eigenvalue weighted by molar-refractivity contribution is -0.174. The zero-order valence-corrected chi connectivity index (χ0v) is 19.9. The van der Waals surface area contributed by atoms with E-state index in [1.807, 2.05) is 5.32 Å². The van der Waals surface area contributed by atoms with Gasteiger partial charge in [0.05, 0.1) is 6.04 Å². The summed E-state index contributed by atoms with van der Waals surface area (Å²) in [6.45, 7) is 0.393. The first-order chi connectivity index (χ1) is 16.9. The highest BCUT2D eigenvalue weighted by molar-refractivity contribution is 5.99. The molecule has 7 nitrogen and oxygen atoms in total. The number of imide groups is 1. The van der Waals surface area contributed by atoms with Crippen LogP contribution in [-0.4, -0.2) is 59.7 Å². The minimum Gasteiger partial charge on any atom is -0.432 e. The molecule has 3 atom stereocenters. The number of hydrogen-bond acceptors (Lipinski definition) is 6. The molecule has 1 aromatic carbocycles. The average Bonchev–Trinajstić information content (AvgIpc) is 3.73. The van der Waals surface area contributed by atoms with E-state index in [2.05, 4.69) is 15.4 Å². The van der Waals surface area contributed by atoms with Gasteiger partial charge in [-0.05, 0) is 62.3 Å². The number of amides is 2. The van der Waals surface area contributed by atoms with Crippen LogP contribution in [0.1, 0.15) is 51.9 Å². The Hall–Kier alpha value is -2.31. The van der Waals surface area contributed by atoms with Crippen molar-refractivity contribution in [3.63, 3.8) is 0 Å². The van der Waals surface area contributed by atoms with E-state index in [0.29, 0.717) is 19.3 Å². The van der Waals surface area contributed by atoms with Gasteiger partial charge in [-0.15, -0.1) is 0 Å². The van der Waals surface area contributed by atoms with E-state index in [1.54, 1.807) is 6.92 Å². The molecule has 4 N–H and O–H groups in total. The second kappa shape index (κ2) is 11.8. The van der Waals surface area contributed by atoms with Crippen LogP contribution in [0.15, 0.2) is 24.3 Å². The number of benzene rings is 1. The van der Waals surface area contributed by atoms with Crippen LogP contribution >= 0.6 is 0 Å². The van der Waals surface area contributed by atoms with Gasteiger partial charge in [-0.3, -0.25) is 20.2 Å². The van der Waals surface area contributed by atoms with Crippen molar-refractivity contribution in [3.05, 3.63) is 30.1 Å². The molecule has 2 aliphatic rings. The second-order valence-corrected chi connectivity index (χ2v) is 9.59. The molecule has 0 saturated heterocycles. The molecule has 2 amide bonds. The lowest BCUT2D eigenvalue weighted by Crippen LogP contribution is -2.56. The van der Waals surface area contributed by atoms with Crippen molar-refractivity contribution in [2.24, 2.45) is 5.92 Å². The molecular formula is C24H32F5N3O4. The third kappa shape index (κ3) is 9.29. The third-order valence-corrected chi connectivity index (χ3v) is 6.10. The van der Waals surface area contributed by atoms with E-state index >= 15 is 0 Å². The standard InChI is InChI=1S/C24H32F5N3O4/c1-2-18(31-16-7-8-16)20(33)22(35)32-21(34)19(12-23(26,27)11-14-3-4-14)30-13-24(28,29)36-17-9-5-15(25)6-10-17/h5-6,9-10,14,16,18-20,30-31,33H,2-4,7-8,11-13H2,1H3,(H,32,34,35)/t18-,19-,20?/m0/s1. The highest BCUT2D eigenvalue weighted by atomic mass is 19.3. The van der Waals surface area contributed by atoms with Crippen LogP contribution in [-0.2, 0) is 9.59 Å². The van der Waals surface area contributed by atoms with Crippen LogP contribution in [0.25, 0.3) is 0 Å². The molecule has 0 spiro atoms. The van der Waals surface area contributed by atoms with Crippen LogP contribution in [0.2, 0.25) is 0 Å². The van der Waals surface area contributed by atoms with Crippen LogP contribution < -0.4 is 20.7 Å². The van der Waals surface area contributed by atoms with Crippen LogP contribution in [0.5, 0.6) is 5.75 Å². The molecule has 3 rings (SSSR count). The quantitative estimate of drug-likeness (QED) is 0.265. The van der Waals surface area contributed by atoms with Crippen molar-refractivity contribution in [2.45, 2.75) is 88.1 Å². The maximum atomic E-state index is 14.5. The number of carbonyl (C=O) groups is 2. The van der Waals surface area contributed by atoms with Gasteiger partial charge in [-0.1, -0.05) is 6.92 Å². The van der Waals surface area contributed by atoms with Gasteiger partial charge in [-0.2, -0.15) is 8.78 Å². The Morgan fingerprint density at radius 1 is 1.08 bits per heavy atom. The molecule has 0 aromatic heterocycles. The van der Waals surface area contributed by atoms with Gasteiger partial charge in [0.25, 0.3) is 5.91 Å². The van der Waals surface area contributed by atoms with Gasteiger partial charge in [-0.25, -0.2) is 13.2 Å². The van der Waals surface area contributed by atoms with Gasteiger partial charge in [0, 0.05) is 24.9 Å². The minimum absolute atomic E-state index is 0.159. The summed E-state index contributed by atoms with van der Waals surface area (Å²) in [4.78, 5) is 25.2. The fourth-order valence-corrected chi connectivity index (χ4v) is 3.79. The smallest absolute Gasteiger partial charge is 0.410 e. The third-order valence-electron chi connectivity index (χ3n) is 6.10. The van der Waals surface area contributed by atoms with Crippen molar-refractivity contribution in [2.75, 3.05) is 6.54 Å². The number of aliphatic hydroxyl groups is 1. The van der Waals surface area contributed by atoms with Gasteiger partial charge < -0.3 is 15.2 Å². The largest absolute Gasteiger partial charge is 0.432 e. The zero-order chi connectivity index (χ0) is 26.5. The van der Waals surface area contributed by atoms with E-state index in [4.69, 9.17) is 0 Å². The lowest BCUT2D eigenvalue weighted by atomic mass is 10.0. The highest BCUT2D eigenvalue weighted by Crippen LogP contribution is 2.41. The van der Waals surface area contributed by atoms with Gasteiger partial charge in [0.15, 0.2) is 0 Å². The summed E-state index contributed by atoms with van der Waals surface area (Å²) in [5, 5.41) is 17.4. The molecule has 2 fully saturated rings. The van der Waals surface area contributed by atoms with Crippen molar-refractivity contribution in [1.29, 1.82) is 0 Å². The molecule has 0 radical (unpaired) electrons. The van der Waals surface area contributed by atoms with E-state index in [1.165, 1.54) is 0 Å². The highest BCUT2D eigenvalue weighted by Gasteiger charge is 2.43. The predicted octanol–water partition coefficient (Wildman–Crippen LogP) is 3.12. The maximum Gasteiger partial charge on any atom is 0.410 e. The Morgan fingerprint density at radius 2 is 1.72 bits per heavy atom. The number of halogens is 5. The predicted molar refractivity (Wildman–Crippen MR) is 120 cm³/mol. The summed E-state index contributed by atoms with van der Waals surface area (Å²) in [6, 6.07) is 1.40. The Kier molecular flexibility index (Phi) is 9.28. The summed E-state index contributed by atoms with van der Waals surface area (Å²) in [5.74, 6) is -6.93. The Bertz CT molecular complexity index is 894. The molecule has 202 valence electrons. The molecule has 1 unspecified atom stereocenters. The number of nitrogens with one attached hydrogen (secondary N) is 3. The topological polar surface area (TPSA) is 99.7 Å². The van der Waals surface area contributed by atoms with Gasteiger partial charge >= 0.3 is 6.11 Å². The van der Waals surface area contributed by atoms with Crippen molar-refractivity contribution in [1.82, 2.24) is 16.0 Å². The van der Waals surface area contributed by atoms with Crippen molar-refractivity contribution < 1.29 is 41.4 Å². The molecule has 12 heteroatoms. The van der Waals surface area contributed by atoms with Crippen LogP contribution in [0, 0.1) is 11.7 Å². The van der Waals surface area contributed by atoms with Gasteiger partial charge in [0.2, 0.25) is 11.8 Å². The minimum atomic E-state index is -3.94. The fraction of sp³-hybridized carbons (Fsp3) is 0.667. The Morgan fingerprint density at radius 3 is 2.28 bits per heavy atom. The van der Waals surface area contributed by atoms with E-state index in [0.717, 1.165) is 37.1 Å². The lowest BCUT2D eigenvalue weighted by Gasteiger charge is -2.27. The first kappa shape index (κ1) is 28.3. The molecule has 1 aromatic rings. The molecule has 2 aliphatic carbocycles. The monoisotopic (exact) mass is 521 g/mol. The van der Waals surface area contributed by atoms with Crippen molar-refractivity contribution >= 4 is 11.8 Å². The molecule has 36 heavy (non-hydrogen) atoms. The van der Waals surface area contributed by atoms with E-state index < -0.39 is 67.2 Å². The summed E-state index contributed by atoms with van der Waals surface area (Å²) < 4.78 is 75.3. The first-order valence-corrected chi connectivity index (χ1v) is 12.1. The second-order valence-electron chi connectivity index (χ2n) is 9.59. The number of carbonyl (C=O) groups excluding carboxylic acids is 2. The van der Waals surface area contributed by atoms with Crippen LogP contribution in [0.4, 0.5) is 22.0 Å². The molecular weight excluding hydrogens is 489 g/mol. The number of ether oxygens (including phenoxy) is 1. The maximum absolute atomic E-state index is 14.5. The Labute approximate surface area is 206 Å². The van der Waals surface area contributed by atoms with E-state index in [-0.39, 0.29) is 17.7 Å². The summed E-state index contributed by atoms with van der Waals surface area (Å²) in [7, 11) is 0. The zero-order valence-electron chi connectivity index (χ0n) is 19.9. The Balaban J connectivity index is 1.63. The number of alkyl halides is 4. The SMILES string of the molecule is CC[C@H](NC1CC1)C(O)C(=O)NC(=O)[C@H](CC(F)(F)CC1CC1)NCC(F)(F)Oc1ccc(F)cc1. The molecule has 2 saturated carbocycles. The van der Waals surface area contributed by atoms with Gasteiger partial charge in [0.1, 0.15) is 24.2 Å². The number of hydrogen-bond donors (Lipinski definition) is 4. The number of rotatable bonds is 15. The summed E-state index contributed by atoms with van der Waals surface area (Å²) in [5.41, 5.74) is 0. The molecule has 0 aliphatic heterocycles. The summed E-state index contributed by atoms with van der Waals surface area (Å²) >= 11 is 0. The van der Waals surface area contributed by atoms with Crippen LogP contribution in [0.3, 0.4) is 0 Å². The molecule has 0 bridgehead atoms. The molecule has 0 heterocycles. The first-order valence-electron chi connectivity index (χ1n) is 12.1. The normalized spacial score (nSPS) is 18.9. The summed E-state index contributed by atoms with van der Waals surface area (Å²) in [6.07, 6.45) is -3.79. The van der Waals surface area contributed by atoms with Crippen molar-refractivity contribution in [3.8, 4) is 5.75 Å². The van der Waals surface area contributed by atoms with E-state index in [9.17, 15) is 36.6 Å². The fourth-order valence-electron chi connectivity index (χ4n) is 3.79. The average molecular weight is 522 g/mol. The number of aliphatic hydroxyl groups excluding tert-OH is 1.